The molecule has 1 unspecified atom stereocenters. The number of hydrogen-bond acceptors (Lipinski definition) is 5. The summed E-state index contributed by atoms with van der Waals surface area (Å²) in [6.45, 7) is 0. The van der Waals surface area contributed by atoms with Crippen LogP contribution in [0.2, 0.25) is 0 Å². The van der Waals surface area contributed by atoms with Gasteiger partial charge in [0, 0.05) is 18.8 Å². The molecule has 3 aromatic rings. The molecule has 174 valence electrons. The third kappa shape index (κ3) is 3.67. The highest BCUT2D eigenvalue weighted by atomic mass is 19.3. The Morgan fingerprint density at radius 2 is 1.88 bits per heavy atom. The molecule has 1 saturated carbocycles. The summed E-state index contributed by atoms with van der Waals surface area (Å²) in [5.74, 6) is -0.620. The minimum Gasteiger partial charge on any atom is -0.490 e. The average Bonchev–Trinajstić information content (AvgIpc) is 3.61. The number of hydrogen-bond donors (Lipinski definition) is 1. The van der Waals surface area contributed by atoms with E-state index in [9.17, 15) is 18.0 Å². The zero-order valence-corrected chi connectivity index (χ0v) is 18.2. The summed E-state index contributed by atoms with van der Waals surface area (Å²) in [5, 5.41) is 0. The average molecular weight is 466 g/mol. The van der Waals surface area contributed by atoms with E-state index in [4.69, 9.17) is 10.5 Å². The zero-order valence-electron chi connectivity index (χ0n) is 18.2. The first-order chi connectivity index (χ1) is 16.3. The van der Waals surface area contributed by atoms with Gasteiger partial charge in [0.2, 0.25) is 0 Å². The van der Waals surface area contributed by atoms with Crippen LogP contribution in [0.25, 0.3) is 11.1 Å². The number of aromatic nitrogens is 1. The Kier molecular flexibility index (Phi) is 5.27. The van der Waals surface area contributed by atoms with Crippen molar-refractivity contribution in [3.63, 3.8) is 0 Å². The van der Waals surface area contributed by atoms with Crippen LogP contribution < -0.4 is 10.5 Å². The zero-order chi connectivity index (χ0) is 24.0. The van der Waals surface area contributed by atoms with Crippen LogP contribution in [0.4, 0.5) is 13.2 Å². The molecule has 6 nitrogen and oxygen atoms in total. The quantitative estimate of drug-likeness (QED) is 0.584. The van der Waals surface area contributed by atoms with E-state index in [0.717, 1.165) is 18.9 Å². The highest BCUT2D eigenvalue weighted by Crippen LogP contribution is 2.43. The van der Waals surface area contributed by atoms with Crippen LogP contribution in [-0.2, 0) is 10.3 Å². The van der Waals surface area contributed by atoms with Crippen molar-refractivity contribution in [3.05, 3.63) is 83.4 Å². The Morgan fingerprint density at radius 1 is 1.12 bits per heavy atom. The van der Waals surface area contributed by atoms with Crippen LogP contribution in [0.1, 0.15) is 36.1 Å². The number of guanidine groups is 1. The molecule has 1 atom stereocenters. The molecule has 1 fully saturated rings. The van der Waals surface area contributed by atoms with Crippen LogP contribution in [0.3, 0.4) is 0 Å². The predicted molar refractivity (Wildman–Crippen MR) is 120 cm³/mol. The van der Waals surface area contributed by atoms with E-state index in [0.29, 0.717) is 22.4 Å². The summed E-state index contributed by atoms with van der Waals surface area (Å²) in [7, 11) is 1.46. The van der Waals surface area contributed by atoms with Gasteiger partial charge in [0.1, 0.15) is 17.3 Å². The molecular formula is C25H21F3N4O2. The van der Waals surface area contributed by atoms with Crippen LogP contribution in [0.5, 0.6) is 5.75 Å². The fraction of sp³-hybridized carbons (Fsp3) is 0.240. The third-order valence-electron chi connectivity index (χ3n) is 6.00. The number of alkyl halides is 2. The lowest BCUT2D eigenvalue weighted by Crippen LogP contribution is -2.41. The maximum absolute atomic E-state index is 14.7. The maximum Gasteiger partial charge on any atom is 0.280 e. The van der Waals surface area contributed by atoms with Gasteiger partial charge in [-0.05, 0) is 65.9 Å². The highest BCUT2D eigenvalue weighted by Gasteiger charge is 2.50. The fourth-order valence-electron chi connectivity index (χ4n) is 4.08. The van der Waals surface area contributed by atoms with Gasteiger partial charge in [-0.15, -0.1) is 0 Å². The normalized spacial score (nSPS) is 20.1. The molecule has 0 saturated heterocycles. The lowest BCUT2D eigenvalue weighted by atomic mass is 9.81. The topological polar surface area (TPSA) is 80.8 Å². The number of aliphatic imine (C=N–C) groups is 1. The van der Waals surface area contributed by atoms with E-state index in [1.54, 1.807) is 36.4 Å². The van der Waals surface area contributed by atoms with Crippen molar-refractivity contribution in [1.29, 1.82) is 0 Å². The molecule has 0 radical (unpaired) electrons. The van der Waals surface area contributed by atoms with Gasteiger partial charge < -0.3 is 10.5 Å². The molecule has 34 heavy (non-hydrogen) atoms. The summed E-state index contributed by atoms with van der Waals surface area (Å²) in [4.78, 5) is 22.9. The Balaban J connectivity index is 1.77. The molecule has 2 heterocycles. The second-order valence-corrected chi connectivity index (χ2v) is 8.36. The van der Waals surface area contributed by atoms with Crippen molar-refractivity contribution in [2.45, 2.75) is 30.9 Å². The number of ether oxygens (including phenoxy) is 1. The first-order valence-electron chi connectivity index (χ1n) is 10.7. The first-order valence-corrected chi connectivity index (χ1v) is 10.7. The number of halogens is 3. The van der Waals surface area contributed by atoms with E-state index in [-0.39, 0.29) is 17.6 Å². The number of pyridine rings is 1. The van der Waals surface area contributed by atoms with Crippen molar-refractivity contribution >= 4 is 11.9 Å². The molecule has 2 aliphatic rings. The van der Waals surface area contributed by atoms with E-state index in [1.165, 1.54) is 30.3 Å². The number of likely N-dealkylation sites (N-methyl/N-ethyl adjacent to an activating group) is 1. The van der Waals surface area contributed by atoms with Gasteiger partial charge in [0.05, 0.1) is 6.10 Å². The van der Waals surface area contributed by atoms with E-state index < -0.39 is 29.4 Å². The fourth-order valence-corrected chi connectivity index (χ4v) is 4.08. The Labute approximate surface area is 193 Å². The first kappa shape index (κ1) is 21.9. The number of carbonyl (C=O) groups is 1. The summed E-state index contributed by atoms with van der Waals surface area (Å²) in [6.07, 6.45) is 0.171. The van der Waals surface area contributed by atoms with Gasteiger partial charge in [-0.25, -0.2) is 18.2 Å². The molecule has 0 bridgehead atoms. The molecular weight excluding hydrogens is 445 g/mol. The van der Waals surface area contributed by atoms with E-state index >= 15 is 0 Å². The summed E-state index contributed by atoms with van der Waals surface area (Å²) in [5.41, 5.74) is 5.04. The minimum atomic E-state index is -2.84. The monoisotopic (exact) mass is 466 g/mol. The SMILES string of the molecule is CN1C(=O)C(c2cc(OC3CC3)cc(-c3ccccc3F)c2)(c2ccnc(C(F)F)c2)N=C1N. The number of nitrogens with two attached hydrogens (primary N) is 1. The largest absolute Gasteiger partial charge is 0.490 e. The molecule has 1 aliphatic heterocycles. The van der Waals surface area contributed by atoms with Crippen LogP contribution in [-0.4, -0.2) is 34.9 Å². The number of carbonyl (C=O) groups excluding carboxylic acids is 1. The van der Waals surface area contributed by atoms with Gasteiger partial charge in [-0.3, -0.25) is 14.7 Å². The molecule has 9 heteroatoms. The lowest BCUT2D eigenvalue weighted by molar-refractivity contribution is -0.129. The second kappa shape index (κ2) is 8.16. The van der Waals surface area contributed by atoms with Crippen molar-refractivity contribution in [2.75, 3.05) is 7.05 Å². The highest BCUT2D eigenvalue weighted by molar-refractivity contribution is 6.09. The molecule has 2 aromatic carbocycles. The van der Waals surface area contributed by atoms with Gasteiger partial charge >= 0.3 is 0 Å². The van der Waals surface area contributed by atoms with Gasteiger partial charge in [0.15, 0.2) is 11.5 Å². The summed E-state index contributed by atoms with van der Waals surface area (Å²) >= 11 is 0. The minimum absolute atomic E-state index is 0.0292. The van der Waals surface area contributed by atoms with Crippen molar-refractivity contribution in [2.24, 2.45) is 10.7 Å². The van der Waals surface area contributed by atoms with Crippen molar-refractivity contribution in [1.82, 2.24) is 9.88 Å². The number of nitrogens with zero attached hydrogens (tertiary/aromatic N) is 3. The van der Waals surface area contributed by atoms with Gasteiger partial charge in [0.25, 0.3) is 12.3 Å². The summed E-state index contributed by atoms with van der Waals surface area (Å²) < 4.78 is 47.6. The number of rotatable bonds is 6. The Morgan fingerprint density at radius 3 is 2.53 bits per heavy atom. The Bertz CT molecular complexity index is 1310. The molecule has 1 aliphatic carbocycles. The Hall–Kier alpha value is -3.88. The predicted octanol–water partition coefficient (Wildman–Crippen LogP) is 4.40. The lowest BCUT2D eigenvalue weighted by Gasteiger charge is -2.27. The van der Waals surface area contributed by atoms with Crippen molar-refractivity contribution < 1.29 is 22.7 Å². The van der Waals surface area contributed by atoms with Crippen LogP contribution in [0, 0.1) is 5.82 Å². The number of benzene rings is 2. The third-order valence-corrected chi connectivity index (χ3v) is 6.00. The van der Waals surface area contributed by atoms with Crippen LogP contribution >= 0.6 is 0 Å². The maximum atomic E-state index is 14.7. The number of amides is 1. The second-order valence-electron chi connectivity index (χ2n) is 8.36. The molecule has 5 rings (SSSR count). The van der Waals surface area contributed by atoms with E-state index in [1.807, 2.05) is 0 Å². The van der Waals surface area contributed by atoms with Gasteiger partial charge in [-0.2, -0.15) is 0 Å². The van der Waals surface area contributed by atoms with Gasteiger partial charge in [-0.1, -0.05) is 18.2 Å². The smallest absolute Gasteiger partial charge is 0.280 e. The molecule has 0 spiro atoms. The van der Waals surface area contributed by atoms with Crippen molar-refractivity contribution in [3.8, 4) is 16.9 Å². The standard InChI is InChI=1S/C25H21F3N4O2/c1-32-23(33)25(31-24(32)29,15-8-9-30-21(13-15)22(27)28)16-10-14(19-4-2-3-5-20(19)26)11-18(12-16)34-17-6-7-17/h2-5,8-13,17,22H,6-7H2,1H3,(H2,29,31). The summed E-state index contributed by atoms with van der Waals surface area (Å²) in [6, 6.07) is 13.8. The van der Waals surface area contributed by atoms with Crippen LogP contribution in [0.15, 0.2) is 65.8 Å². The molecule has 1 aromatic heterocycles. The van der Waals surface area contributed by atoms with E-state index in [2.05, 4.69) is 9.98 Å². The molecule has 2 N–H and O–H groups in total. The molecule has 1 amide bonds.